The van der Waals surface area contributed by atoms with Crippen molar-refractivity contribution in [3.63, 3.8) is 0 Å². The van der Waals surface area contributed by atoms with Crippen LogP contribution in [0.2, 0.25) is 0 Å². The van der Waals surface area contributed by atoms with Crippen LogP contribution in [0.15, 0.2) is 24.3 Å². The van der Waals surface area contributed by atoms with Crippen LogP contribution in [0, 0.1) is 6.92 Å². The number of aliphatic hydroxyl groups is 2. The number of ether oxygens (including phenoxy) is 1. The van der Waals surface area contributed by atoms with E-state index in [1.54, 1.807) is 6.92 Å². The molecule has 0 bridgehead atoms. The summed E-state index contributed by atoms with van der Waals surface area (Å²) in [6.07, 6.45) is -1.16. The first kappa shape index (κ1) is 16.9. The van der Waals surface area contributed by atoms with Gasteiger partial charge in [-0.25, -0.2) is 0 Å². The van der Waals surface area contributed by atoms with E-state index in [0.717, 1.165) is 0 Å². The van der Waals surface area contributed by atoms with Crippen molar-refractivity contribution in [3.05, 3.63) is 52.1 Å². The maximum atomic E-state index is 12.7. The number of carbonyl (C=O) groups excluding carboxylic acids is 2. The SMILES string of the molecule is Cc1cc2c(c(O)c1OCC(O)CO)C(=O)c1c(O)cccc1C2=O. The van der Waals surface area contributed by atoms with Gasteiger partial charge in [-0.2, -0.15) is 0 Å². The lowest BCUT2D eigenvalue weighted by atomic mass is 9.82. The molecule has 0 radical (unpaired) electrons. The zero-order chi connectivity index (χ0) is 18.3. The van der Waals surface area contributed by atoms with Crippen molar-refractivity contribution in [2.45, 2.75) is 13.0 Å². The Balaban J connectivity index is 2.15. The Morgan fingerprint density at radius 2 is 1.80 bits per heavy atom. The van der Waals surface area contributed by atoms with Gasteiger partial charge in [0.05, 0.1) is 17.7 Å². The maximum absolute atomic E-state index is 12.7. The number of hydrogen-bond acceptors (Lipinski definition) is 7. The lowest BCUT2D eigenvalue weighted by Gasteiger charge is -2.22. The summed E-state index contributed by atoms with van der Waals surface area (Å²) in [5, 5.41) is 38.7. The molecule has 1 atom stereocenters. The number of rotatable bonds is 4. The number of phenols is 2. The average Bonchev–Trinajstić information content (AvgIpc) is 2.58. The van der Waals surface area contributed by atoms with E-state index in [1.165, 1.54) is 24.3 Å². The van der Waals surface area contributed by atoms with Gasteiger partial charge >= 0.3 is 0 Å². The Bertz CT molecular complexity index is 885. The molecule has 7 heteroatoms. The molecule has 1 aliphatic carbocycles. The van der Waals surface area contributed by atoms with Crippen LogP contribution in [0.4, 0.5) is 0 Å². The van der Waals surface area contributed by atoms with Crippen molar-refractivity contribution >= 4 is 11.6 Å². The molecule has 2 aromatic carbocycles. The maximum Gasteiger partial charge on any atom is 0.202 e. The molecule has 0 aromatic heterocycles. The van der Waals surface area contributed by atoms with E-state index in [-0.39, 0.29) is 40.4 Å². The summed E-state index contributed by atoms with van der Waals surface area (Å²) in [5.41, 5.74) is 0.0681. The minimum atomic E-state index is -1.16. The van der Waals surface area contributed by atoms with Crippen molar-refractivity contribution in [1.29, 1.82) is 0 Å². The zero-order valence-electron chi connectivity index (χ0n) is 13.3. The van der Waals surface area contributed by atoms with Crippen LogP contribution < -0.4 is 4.74 Å². The molecule has 1 unspecified atom stereocenters. The Morgan fingerprint density at radius 3 is 2.48 bits per heavy atom. The van der Waals surface area contributed by atoms with Crippen LogP contribution in [0.1, 0.15) is 37.4 Å². The number of aliphatic hydroxyl groups excluding tert-OH is 2. The smallest absolute Gasteiger partial charge is 0.202 e. The third-order valence-corrected chi connectivity index (χ3v) is 4.06. The van der Waals surface area contributed by atoms with Crippen molar-refractivity contribution in [3.8, 4) is 17.2 Å². The van der Waals surface area contributed by atoms with Gasteiger partial charge in [0.2, 0.25) is 5.78 Å². The van der Waals surface area contributed by atoms with Crippen LogP contribution >= 0.6 is 0 Å². The first-order valence-electron chi connectivity index (χ1n) is 7.56. The second-order valence-electron chi connectivity index (χ2n) is 5.80. The first-order chi connectivity index (χ1) is 11.9. The summed E-state index contributed by atoms with van der Waals surface area (Å²) in [6.45, 7) is 0.757. The second kappa shape index (κ2) is 6.19. The van der Waals surface area contributed by atoms with E-state index in [4.69, 9.17) is 9.84 Å². The molecule has 0 saturated carbocycles. The van der Waals surface area contributed by atoms with Crippen molar-refractivity contribution in [2.75, 3.05) is 13.2 Å². The van der Waals surface area contributed by atoms with Gasteiger partial charge in [0, 0.05) is 11.1 Å². The van der Waals surface area contributed by atoms with Gasteiger partial charge in [-0.15, -0.1) is 0 Å². The molecule has 0 amide bonds. The number of carbonyl (C=O) groups is 2. The molecular formula is C18H16O7. The fourth-order valence-electron chi connectivity index (χ4n) is 2.84. The summed E-state index contributed by atoms with van der Waals surface area (Å²) in [6, 6.07) is 5.61. The first-order valence-corrected chi connectivity index (χ1v) is 7.56. The molecular weight excluding hydrogens is 328 g/mol. The fraction of sp³-hybridized carbons (Fsp3) is 0.222. The molecule has 25 heavy (non-hydrogen) atoms. The molecule has 4 N–H and O–H groups in total. The number of phenolic OH excluding ortho intramolecular Hbond substituents is 2. The third-order valence-electron chi connectivity index (χ3n) is 4.06. The summed E-state index contributed by atoms with van der Waals surface area (Å²) in [4.78, 5) is 25.4. The molecule has 0 saturated heterocycles. The molecule has 7 nitrogen and oxygen atoms in total. The van der Waals surface area contributed by atoms with Crippen LogP contribution in [-0.2, 0) is 0 Å². The van der Waals surface area contributed by atoms with Crippen LogP contribution in [0.25, 0.3) is 0 Å². The number of hydrogen-bond donors (Lipinski definition) is 4. The summed E-state index contributed by atoms with van der Waals surface area (Å²) in [7, 11) is 0. The fourth-order valence-corrected chi connectivity index (χ4v) is 2.84. The Hall–Kier alpha value is -2.90. The highest BCUT2D eigenvalue weighted by molar-refractivity contribution is 6.30. The lowest BCUT2D eigenvalue weighted by molar-refractivity contribution is 0.0524. The molecule has 0 spiro atoms. The number of ketones is 2. The van der Waals surface area contributed by atoms with E-state index < -0.39 is 30.0 Å². The molecule has 0 heterocycles. The number of fused-ring (bicyclic) bond motifs is 2. The minimum absolute atomic E-state index is 0.0214. The predicted molar refractivity (Wildman–Crippen MR) is 86.4 cm³/mol. The Morgan fingerprint density at radius 1 is 1.08 bits per heavy atom. The average molecular weight is 344 g/mol. The normalized spacial score (nSPS) is 14.0. The van der Waals surface area contributed by atoms with Gasteiger partial charge in [0.15, 0.2) is 17.3 Å². The highest BCUT2D eigenvalue weighted by atomic mass is 16.5. The van der Waals surface area contributed by atoms with Crippen LogP contribution in [0.3, 0.4) is 0 Å². The highest BCUT2D eigenvalue weighted by Crippen LogP contribution is 2.42. The Kier molecular flexibility index (Phi) is 4.20. The lowest BCUT2D eigenvalue weighted by Crippen LogP contribution is -2.24. The van der Waals surface area contributed by atoms with Gasteiger partial charge in [0.25, 0.3) is 0 Å². The molecule has 0 fully saturated rings. The van der Waals surface area contributed by atoms with E-state index in [0.29, 0.717) is 5.56 Å². The van der Waals surface area contributed by atoms with Crippen molar-refractivity contribution in [2.24, 2.45) is 0 Å². The number of aromatic hydroxyl groups is 2. The highest BCUT2D eigenvalue weighted by Gasteiger charge is 2.36. The third kappa shape index (κ3) is 2.63. The summed E-state index contributed by atoms with van der Waals surface area (Å²) >= 11 is 0. The largest absolute Gasteiger partial charge is 0.507 e. The molecule has 0 aliphatic heterocycles. The van der Waals surface area contributed by atoms with E-state index >= 15 is 0 Å². The standard InChI is InChI=1S/C18H16O7/c1-8-5-11-14(17(24)18(8)25-7-9(20)6-19)16(23)13-10(15(11)22)3-2-4-12(13)21/h2-5,9,19-21,24H,6-7H2,1H3. The second-order valence-corrected chi connectivity index (χ2v) is 5.80. The van der Waals surface area contributed by atoms with E-state index in [9.17, 15) is 24.9 Å². The van der Waals surface area contributed by atoms with Gasteiger partial charge in [-0.05, 0) is 24.6 Å². The Labute approximate surface area is 142 Å². The van der Waals surface area contributed by atoms with Crippen molar-refractivity contribution in [1.82, 2.24) is 0 Å². The minimum Gasteiger partial charge on any atom is -0.507 e. The summed E-state index contributed by atoms with van der Waals surface area (Å²) in [5.74, 6) is -2.12. The van der Waals surface area contributed by atoms with Crippen LogP contribution in [0.5, 0.6) is 17.2 Å². The zero-order valence-corrected chi connectivity index (χ0v) is 13.3. The summed E-state index contributed by atoms with van der Waals surface area (Å²) < 4.78 is 5.30. The van der Waals surface area contributed by atoms with Gasteiger partial charge < -0.3 is 25.2 Å². The van der Waals surface area contributed by atoms with E-state index in [2.05, 4.69) is 0 Å². The molecule has 1 aliphatic rings. The van der Waals surface area contributed by atoms with Gasteiger partial charge in [-0.3, -0.25) is 9.59 Å². The number of aryl methyl sites for hydroxylation is 1. The topological polar surface area (TPSA) is 124 Å². The van der Waals surface area contributed by atoms with Gasteiger partial charge in [0.1, 0.15) is 18.5 Å². The predicted octanol–water partition coefficient (Wildman–Crippen LogP) is 0.914. The monoisotopic (exact) mass is 344 g/mol. The van der Waals surface area contributed by atoms with Crippen LogP contribution in [-0.4, -0.2) is 51.3 Å². The molecule has 3 rings (SSSR count). The quantitative estimate of drug-likeness (QED) is 0.554. The number of benzene rings is 2. The molecule has 2 aromatic rings. The van der Waals surface area contributed by atoms with Gasteiger partial charge in [-0.1, -0.05) is 12.1 Å². The van der Waals surface area contributed by atoms with Crippen molar-refractivity contribution < 1.29 is 34.8 Å². The molecule has 130 valence electrons. The van der Waals surface area contributed by atoms with E-state index in [1.807, 2.05) is 0 Å².